The van der Waals surface area contributed by atoms with E-state index >= 15 is 0 Å². The van der Waals surface area contributed by atoms with Crippen LogP contribution >= 0.6 is 0 Å². The highest BCUT2D eigenvalue weighted by molar-refractivity contribution is 5.95. The third kappa shape index (κ3) is 9.85. The van der Waals surface area contributed by atoms with Crippen LogP contribution in [0.5, 0.6) is 0 Å². The zero-order valence-corrected chi connectivity index (χ0v) is 17.0. The number of carboxylic acids is 1. The molecule has 0 radical (unpaired) electrons. The summed E-state index contributed by atoms with van der Waals surface area (Å²) in [7, 11) is 0. The molecule has 5 atom stereocenters. The molecule has 0 rings (SSSR count). The third-order valence-corrected chi connectivity index (χ3v) is 3.89. The molecule has 0 aliphatic heterocycles. The van der Waals surface area contributed by atoms with Crippen LogP contribution in [-0.2, 0) is 24.0 Å². The first-order valence-electron chi connectivity index (χ1n) is 9.12. The predicted octanol–water partition coefficient (Wildman–Crippen LogP) is -2.83. The van der Waals surface area contributed by atoms with E-state index in [1.54, 1.807) is 13.8 Å². The summed E-state index contributed by atoms with van der Waals surface area (Å²) in [5.41, 5.74) is 10.4. The number of carboxylic acid groups (broad SMARTS) is 1. The van der Waals surface area contributed by atoms with Crippen LogP contribution in [0.2, 0.25) is 0 Å². The van der Waals surface area contributed by atoms with Gasteiger partial charge in [0, 0.05) is 0 Å². The van der Waals surface area contributed by atoms with E-state index in [1.807, 2.05) is 0 Å². The van der Waals surface area contributed by atoms with E-state index in [9.17, 15) is 34.2 Å². The van der Waals surface area contributed by atoms with Crippen molar-refractivity contribution in [1.82, 2.24) is 16.0 Å². The zero-order chi connectivity index (χ0) is 22.9. The summed E-state index contributed by atoms with van der Waals surface area (Å²) in [4.78, 5) is 58.6. The van der Waals surface area contributed by atoms with Gasteiger partial charge in [-0.2, -0.15) is 0 Å². The van der Waals surface area contributed by atoms with E-state index < -0.39 is 66.3 Å². The van der Waals surface area contributed by atoms with Crippen LogP contribution < -0.4 is 27.4 Å². The number of amides is 4. The van der Waals surface area contributed by atoms with Gasteiger partial charge < -0.3 is 37.6 Å². The van der Waals surface area contributed by atoms with Crippen molar-refractivity contribution < 1.29 is 34.2 Å². The normalized spacial score (nSPS) is 16.1. The lowest BCUT2D eigenvalue weighted by molar-refractivity contribution is -0.143. The maximum absolute atomic E-state index is 12.4. The molecule has 0 aromatic heterocycles. The second-order valence-electron chi connectivity index (χ2n) is 7.26. The number of primary amides is 1. The van der Waals surface area contributed by atoms with Gasteiger partial charge in [-0.1, -0.05) is 13.8 Å². The molecule has 0 saturated heterocycles. The molecule has 0 heterocycles. The lowest BCUT2D eigenvalue weighted by Gasteiger charge is -2.25. The lowest BCUT2D eigenvalue weighted by Crippen LogP contribution is -2.59. The summed E-state index contributed by atoms with van der Waals surface area (Å²) in [5, 5.41) is 25.9. The van der Waals surface area contributed by atoms with Crippen LogP contribution in [0.3, 0.4) is 0 Å². The first kappa shape index (κ1) is 26.3. The first-order valence-corrected chi connectivity index (χ1v) is 9.12. The van der Waals surface area contributed by atoms with Crippen molar-refractivity contribution in [3.63, 3.8) is 0 Å². The maximum Gasteiger partial charge on any atom is 0.326 e. The number of carbonyl (C=O) groups is 5. The largest absolute Gasteiger partial charge is 0.480 e. The number of nitrogens with two attached hydrogens (primary N) is 2. The predicted molar refractivity (Wildman–Crippen MR) is 102 cm³/mol. The lowest BCUT2D eigenvalue weighted by atomic mass is 10.0. The van der Waals surface area contributed by atoms with E-state index in [-0.39, 0.29) is 12.3 Å². The van der Waals surface area contributed by atoms with Crippen molar-refractivity contribution >= 4 is 29.6 Å². The number of carbonyl (C=O) groups excluding carboxylic acids is 4. The third-order valence-electron chi connectivity index (χ3n) is 3.89. The van der Waals surface area contributed by atoms with E-state index in [0.29, 0.717) is 0 Å². The van der Waals surface area contributed by atoms with Gasteiger partial charge in [-0.05, 0) is 26.2 Å². The topological polar surface area (TPSA) is 214 Å². The molecular weight excluding hydrogens is 386 g/mol. The number of aliphatic hydroxyl groups excluding tert-OH is 1. The van der Waals surface area contributed by atoms with E-state index in [0.717, 1.165) is 0 Å². The van der Waals surface area contributed by atoms with E-state index in [1.165, 1.54) is 13.8 Å². The number of hydrogen-bond donors (Lipinski definition) is 7. The zero-order valence-electron chi connectivity index (χ0n) is 17.0. The van der Waals surface area contributed by atoms with Crippen molar-refractivity contribution in [2.75, 3.05) is 0 Å². The number of nitrogens with one attached hydrogen (secondary N) is 3. The highest BCUT2D eigenvalue weighted by Gasteiger charge is 2.31. The molecule has 0 aliphatic rings. The Kier molecular flexibility index (Phi) is 10.8. The van der Waals surface area contributed by atoms with Gasteiger partial charge in [0.1, 0.15) is 18.1 Å². The molecule has 166 valence electrons. The number of aliphatic hydroxyl groups is 1. The van der Waals surface area contributed by atoms with E-state index in [4.69, 9.17) is 11.5 Å². The van der Waals surface area contributed by atoms with E-state index in [2.05, 4.69) is 16.0 Å². The molecule has 0 aromatic rings. The molecular formula is C17H31N5O7. The monoisotopic (exact) mass is 417 g/mol. The summed E-state index contributed by atoms with van der Waals surface area (Å²) in [6.45, 7) is 6.11. The van der Waals surface area contributed by atoms with Gasteiger partial charge >= 0.3 is 5.97 Å². The molecule has 0 aliphatic carbocycles. The summed E-state index contributed by atoms with van der Waals surface area (Å²) in [6.07, 6.45) is -1.59. The molecule has 4 amide bonds. The second-order valence-corrected chi connectivity index (χ2v) is 7.26. The molecule has 12 nitrogen and oxygen atoms in total. The Morgan fingerprint density at radius 2 is 1.45 bits per heavy atom. The number of rotatable bonds is 12. The average molecular weight is 417 g/mol. The Balaban J connectivity index is 5.02. The summed E-state index contributed by atoms with van der Waals surface area (Å²) < 4.78 is 0. The first-order chi connectivity index (χ1) is 13.3. The SMILES string of the molecule is CC(C)CC(NC(=O)C(NC(=O)C(C)NC(=O)C(N)CC(N)=O)C(C)O)C(=O)O. The van der Waals surface area contributed by atoms with Crippen LogP contribution in [0, 0.1) is 5.92 Å². The molecule has 12 heteroatoms. The molecule has 0 bridgehead atoms. The van der Waals surface area contributed by atoms with Crippen molar-refractivity contribution in [3.8, 4) is 0 Å². The van der Waals surface area contributed by atoms with Gasteiger partial charge in [0.15, 0.2) is 0 Å². The van der Waals surface area contributed by atoms with Crippen LogP contribution in [0.1, 0.15) is 40.5 Å². The van der Waals surface area contributed by atoms with Crippen molar-refractivity contribution in [2.45, 2.75) is 70.8 Å². The minimum atomic E-state index is -1.45. The maximum atomic E-state index is 12.4. The highest BCUT2D eigenvalue weighted by atomic mass is 16.4. The van der Waals surface area contributed by atoms with Crippen molar-refractivity contribution in [2.24, 2.45) is 17.4 Å². The minimum absolute atomic E-state index is 0.0177. The Bertz CT molecular complexity index is 623. The molecule has 0 spiro atoms. The molecule has 0 fully saturated rings. The highest BCUT2D eigenvalue weighted by Crippen LogP contribution is 2.06. The molecule has 0 aromatic carbocycles. The van der Waals surface area contributed by atoms with Crippen LogP contribution in [0.15, 0.2) is 0 Å². The fraction of sp³-hybridized carbons (Fsp3) is 0.706. The Labute approximate surface area is 168 Å². The Hall–Kier alpha value is -2.73. The average Bonchev–Trinajstić information content (AvgIpc) is 2.56. The smallest absolute Gasteiger partial charge is 0.326 e. The molecule has 29 heavy (non-hydrogen) atoms. The summed E-state index contributed by atoms with van der Waals surface area (Å²) in [5.74, 6) is -4.55. The number of hydrogen-bond acceptors (Lipinski definition) is 7. The van der Waals surface area contributed by atoms with Gasteiger partial charge in [0.25, 0.3) is 0 Å². The molecule has 0 saturated carbocycles. The standard InChI is InChI=1S/C17H31N5O7/c1-7(2)5-11(17(28)29)21-16(27)13(9(4)23)22-14(25)8(3)20-15(26)10(18)6-12(19)24/h7-11,13,23H,5-6,18H2,1-4H3,(H2,19,24)(H,20,26)(H,21,27)(H,22,25)(H,28,29). The number of aliphatic carboxylic acids is 1. The fourth-order valence-electron chi connectivity index (χ4n) is 2.33. The van der Waals surface area contributed by atoms with Crippen LogP contribution in [-0.4, -0.2) is 70.1 Å². The molecule has 9 N–H and O–H groups in total. The fourth-order valence-corrected chi connectivity index (χ4v) is 2.33. The van der Waals surface area contributed by atoms with Crippen molar-refractivity contribution in [1.29, 1.82) is 0 Å². The van der Waals surface area contributed by atoms with Gasteiger partial charge in [0.05, 0.1) is 18.6 Å². The summed E-state index contributed by atoms with van der Waals surface area (Å²) in [6, 6.07) is -5.04. The second kappa shape index (κ2) is 12.0. The minimum Gasteiger partial charge on any atom is -0.480 e. The quantitative estimate of drug-likeness (QED) is 0.175. The van der Waals surface area contributed by atoms with Crippen LogP contribution in [0.25, 0.3) is 0 Å². The van der Waals surface area contributed by atoms with Gasteiger partial charge in [0.2, 0.25) is 23.6 Å². The Morgan fingerprint density at radius 1 is 0.897 bits per heavy atom. The summed E-state index contributed by atoms with van der Waals surface area (Å²) >= 11 is 0. The van der Waals surface area contributed by atoms with Crippen molar-refractivity contribution in [3.05, 3.63) is 0 Å². The van der Waals surface area contributed by atoms with Gasteiger partial charge in [-0.25, -0.2) is 4.79 Å². The van der Waals surface area contributed by atoms with Gasteiger partial charge in [-0.15, -0.1) is 0 Å². The molecule has 5 unspecified atom stereocenters. The van der Waals surface area contributed by atoms with Gasteiger partial charge in [-0.3, -0.25) is 19.2 Å². The van der Waals surface area contributed by atoms with Crippen LogP contribution in [0.4, 0.5) is 0 Å². The Morgan fingerprint density at radius 3 is 1.86 bits per heavy atom.